The van der Waals surface area contributed by atoms with E-state index in [1.807, 2.05) is 0 Å². The largest absolute Gasteiger partial charge is 0.508 e. The Labute approximate surface area is 110 Å². The van der Waals surface area contributed by atoms with Crippen LogP contribution >= 0.6 is 0 Å². The number of rotatable bonds is 3. The van der Waals surface area contributed by atoms with Gasteiger partial charge in [0.2, 0.25) is 0 Å². The Morgan fingerprint density at radius 3 is 2.95 bits per heavy atom. The lowest BCUT2D eigenvalue weighted by atomic mass is 10.1. The predicted molar refractivity (Wildman–Crippen MR) is 71.9 cm³/mol. The molecule has 0 aliphatic carbocycles. The molecule has 19 heavy (non-hydrogen) atoms. The average molecular weight is 260 g/mol. The van der Waals surface area contributed by atoms with E-state index in [2.05, 4.69) is 10.4 Å². The first-order valence-corrected chi connectivity index (χ1v) is 5.85. The number of hydrogen-bond acceptors (Lipinski definition) is 4. The minimum absolute atomic E-state index is 0.0905. The van der Waals surface area contributed by atoms with Gasteiger partial charge >= 0.3 is 0 Å². The fourth-order valence-electron chi connectivity index (χ4n) is 1.84. The average Bonchev–Trinajstić information content (AvgIpc) is 2.72. The van der Waals surface area contributed by atoms with Crippen molar-refractivity contribution in [2.24, 2.45) is 12.8 Å². The van der Waals surface area contributed by atoms with E-state index in [0.717, 1.165) is 5.56 Å². The number of aromatic hydroxyl groups is 1. The molecule has 0 aliphatic heterocycles. The Kier molecular flexibility index (Phi) is 3.52. The third kappa shape index (κ3) is 2.58. The standard InChI is InChI=1S/C13H16N4O2/c1-8-10(4-3-5-11(8)18)13(19)15-12-9(6-14)7-17(2)16-12/h3-5,7,18H,6,14H2,1-2H3,(H,15,16,19). The summed E-state index contributed by atoms with van der Waals surface area (Å²) in [5.41, 5.74) is 7.29. The molecule has 2 rings (SSSR count). The molecule has 0 aliphatic rings. The van der Waals surface area contributed by atoms with Crippen LogP contribution in [-0.2, 0) is 13.6 Å². The SMILES string of the molecule is Cc1c(O)cccc1C(=O)Nc1nn(C)cc1CN. The Balaban J connectivity index is 2.28. The summed E-state index contributed by atoms with van der Waals surface area (Å²) in [6.45, 7) is 1.98. The van der Waals surface area contributed by atoms with Gasteiger partial charge in [-0.3, -0.25) is 9.48 Å². The molecule has 1 aromatic carbocycles. The Morgan fingerprint density at radius 2 is 2.26 bits per heavy atom. The summed E-state index contributed by atoms with van der Waals surface area (Å²) >= 11 is 0. The van der Waals surface area contributed by atoms with E-state index in [9.17, 15) is 9.90 Å². The maximum absolute atomic E-state index is 12.2. The molecule has 1 heterocycles. The van der Waals surface area contributed by atoms with Crippen molar-refractivity contribution in [2.45, 2.75) is 13.5 Å². The summed E-state index contributed by atoms with van der Waals surface area (Å²) in [4.78, 5) is 12.2. The van der Waals surface area contributed by atoms with Gasteiger partial charge in [-0.1, -0.05) is 6.07 Å². The number of phenolic OH excluding ortho intramolecular Hbond substituents is 1. The van der Waals surface area contributed by atoms with Crippen molar-refractivity contribution in [1.82, 2.24) is 9.78 Å². The highest BCUT2D eigenvalue weighted by molar-refractivity contribution is 6.05. The molecule has 1 amide bonds. The first-order chi connectivity index (χ1) is 9.02. The zero-order chi connectivity index (χ0) is 14.0. The maximum Gasteiger partial charge on any atom is 0.257 e. The number of carbonyl (C=O) groups excluding carboxylic acids is 1. The number of nitrogens with zero attached hydrogens (tertiary/aromatic N) is 2. The lowest BCUT2D eigenvalue weighted by Crippen LogP contribution is -2.15. The quantitative estimate of drug-likeness (QED) is 0.771. The molecule has 0 unspecified atom stereocenters. The molecule has 6 nitrogen and oxygen atoms in total. The van der Waals surface area contributed by atoms with Crippen molar-refractivity contribution in [1.29, 1.82) is 0 Å². The molecule has 0 atom stereocenters. The lowest BCUT2D eigenvalue weighted by Gasteiger charge is -2.07. The fourth-order valence-corrected chi connectivity index (χ4v) is 1.84. The lowest BCUT2D eigenvalue weighted by molar-refractivity contribution is 0.102. The van der Waals surface area contributed by atoms with Gasteiger partial charge in [-0.15, -0.1) is 0 Å². The molecule has 0 fully saturated rings. The van der Waals surface area contributed by atoms with E-state index in [-0.39, 0.29) is 11.7 Å². The molecule has 2 aromatic rings. The Morgan fingerprint density at radius 1 is 1.53 bits per heavy atom. The number of aromatic nitrogens is 2. The van der Waals surface area contributed by atoms with Gasteiger partial charge in [-0.2, -0.15) is 5.10 Å². The zero-order valence-electron chi connectivity index (χ0n) is 10.8. The highest BCUT2D eigenvalue weighted by Crippen LogP contribution is 2.21. The Bertz CT molecular complexity index is 619. The second-order valence-corrected chi connectivity index (χ2v) is 4.28. The van der Waals surface area contributed by atoms with Crippen molar-refractivity contribution in [3.8, 4) is 5.75 Å². The van der Waals surface area contributed by atoms with Crippen LogP contribution in [0.3, 0.4) is 0 Å². The van der Waals surface area contributed by atoms with Crippen LogP contribution in [-0.4, -0.2) is 20.8 Å². The van der Waals surface area contributed by atoms with Crippen LogP contribution in [0.4, 0.5) is 5.82 Å². The van der Waals surface area contributed by atoms with Gasteiger partial charge in [-0.25, -0.2) is 0 Å². The van der Waals surface area contributed by atoms with Gasteiger partial charge in [0.25, 0.3) is 5.91 Å². The predicted octanol–water partition coefficient (Wildman–Crippen LogP) is 1.15. The van der Waals surface area contributed by atoms with E-state index in [4.69, 9.17) is 5.73 Å². The molecular formula is C13H16N4O2. The van der Waals surface area contributed by atoms with Crippen LogP contribution in [0, 0.1) is 6.92 Å². The van der Waals surface area contributed by atoms with Crippen LogP contribution in [0.5, 0.6) is 5.75 Å². The maximum atomic E-state index is 12.2. The van der Waals surface area contributed by atoms with Gasteiger partial charge in [0.15, 0.2) is 5.82 Å². The van der Waals surface area contributed by atoms with Crippen molar-refractivity contribution in [2.75, 3.05) is 5.32 Å². The highest BCUT2D eigenvalue weighted by Gasteiger charge is 2.14. The van der Waals surface area contributed by atoms with Gasteiger partial charge in [0.1, 0.15) is 5.75 Å². The molecule has 0 radical (unpaired) electrons. The molecule has 4 N–H and O–H groups in total. The van der Waals surface area contributed by atoms with Crippen molar-refractivity contribution in [3.63, 3.8) is 0 Å². The van der Waals surface area contributed by atoms with Gasteiger partial charge < -0.3 is 16.2 Å². The molecular weight excluding hydrogens is 244 g/mol. The third-order valence-corrected chi connectivity index (χ3v) is 2.91. The van der Waals surface area contributed by atoms with Crippen LogP contribution in [0.2, 0.25) is 0 Å². The van der Waals surface area contributed by atoms with E-state index < -0.39 is 0 Å². The summed E-state index contributed by atoms with van der Waals surface area (Å²) in [5.74, 6) is 0.215. The number of phenols is 1. The number of aryl methyl sites for hydroxylation is 1. The number of nitrogens with one attached hydrogen (secondary N) is 1. The first kappa shape index (κ1) is 13.1. The van der Waals surface area contributed by atoms with E-state index in [1.54, 1.807) is 37.0 Å². The molecule has 1 aromatic heterocycles. The Hall–Kier alpha value is -2.34. The van der Waals surface area contributed by atoms with Crippen LogP contribution in [0.15, 0.2) is 24.4 Å². The number of anilines is 1. The summed E-state index contributed by atoms with van der Waals surface area (Å²) in [6, 6.07) is 4.81. The summed E-state index contributed by atoms with van der Waals surface area (Å²) < 4.78 is 1.59. The first-order valence-electron chi connectivity index (χ1n) is 5.85. The number of hydrogen-bond donors (Lipinski definition) is 3. The zero-order valence-corrected chi connectivity index (χ0v) is 10.8. The van der Waals surface area contributed by atoms with Crippen molar-refractivity contribution >= 4 is 11.7 Å². The minimum atomic E-state index is -0.318. The van der Waals surface area contributed by atoms with E-state index >= 15 is 0 Å². The van der Waals surface area contributed by atoms with Crippen LogP contribution in [0.25, 0.3) is 0 Å². The van der Waals surface area contributed by atoms with Crippen LogP contribution < -0.4 is 11.1 Å². The van der Waals surface area contributed by atoms with Crippen molar-refractivity contribution in [3.05, 3.63) is 41.1 Å². The molecule has 0 saturated heterocycles. The normalized spacial score (nSPS) is 10.5. The number of benzene rings is 1. The number of amides is 1. The summed E-state index contributed by atoms with van der Waals surface area (Å²) in [7, 11) is 1.76. The molecule has 6 heteroatoms. The summed E-state index contributed by atoms with van der Waals surface area (Å²) in [5, 5.41) is 16.4. The van der Waals surface area contributed by atoms with Gasteiger partial charge in [-0.05, 0) is 19.1 Å². The number of carbonyl (C=O) groups is 1. The molecule has 0 bridgehead atoms. The van der Waals surface area contributed by atoms with E-state index in [0.29, 0.717) is 23.5 Å². The topological polar surface area (TPSA) is 93.2 Å². The summed E-state index contributed by atoms with van der Waals surface area (Å²) in [6.07, 6.45) is 1.75. The monoisotopic (exact) mass is 260 g/mol. The molecule has 100 valence electrons. The molecule has 0 saturated carbocycles. The second-order valence-electron chi connectivity index (χ2n) is 4.28. The molecule has 0 spiro atoms. The number of nitrogens with two attached hydrogens (primary N) is 1. The highest BCUT2D eigenvalue weighted by atomic mass is 16.3. The van der Waals surface area contributed by atoms with E-state index in [1.165, 1.54) is 6.07 Å². The smallest absolute Gasteiger partial charge is 0.257 e. The van der Waals surface area contributed by atoms with Gasteiger partial charge in [0, 0.05) is 36.5 Å². The third-order valence-electron chi connectivity index (χ3n) is 2.91. The van der Waals surface area contributed by atoms with Crippen molar-refractivity contribution < 1.29 is 9.90 Å². The van der Waals surface area contributed by atoms with Crippen LogP contribution in [0.1, 0.15) is 21.5 Å². The van der Waals surface area contributed by atoms with Gasteiger partial charge in [0.05, 0.1) is 0 Å². The fraction of sp³-hybridized carbons (Fsp3) is 0.231. The second kappa shape index (κ2) is 5.11. The minimum Gasteiger partial charge on any atom is -0.508 e.